The van der Waals surface area contributed by atoms with E-state index in [0.29, 0.717) is 6.04 Å². The lowest BCUT2D eigenvalue weighted by Crippen LogP contribution is -2.24. The van der Waals surface area contributed by atoms with Crippen molar-refractivity contribution >= 4 is 0 Å². The molecule has 0 saturated carbocycles. The van der Waals surface area contributed by atoms with Gasteiger partial charge in [0.1, 0.15) is 0 Å². The van der Waals surface area contributed by atoms with E-state index in [4.69, 9.17) is 0 Å². The van der Waals surface area contributed by atoms with E-state index in [1.165, 1.54) is 0 Å². The van der Waals surface area contributed by atoms with Gasteiger partial charge in [-0.1, -0.05) is 20.3 Å². The highest BCUT2D eigenvalue weighted by Gasteiger charge is 2.24. The Labute approximate surface area is 98.5 Å². The van der Waals surface area contributed by atoms with Gasteiger partial charge in [-0.05, 0) is 38.2 Å². The molecule has 92 valence electrons. The van der Waals surface area contributed by atoms with Crippen molar-refractivity contribution in [1.82, 2.24) is 9.78 Å². The second kappa shape index (κ2) is 5.48. The average molecular weight is 224 g/mol. The van der Waals surface area contributed by atoms with Crippen molar-refractivity contribution in [1.29, 1.82) is 0 Å². The van der Waals surface area contributed by atoms with E-state index in [1.807, 2.05) is 10.9 Å². The van der Waals surface area contributed by atoms with Crippen molar-refractivity contribution in [2.45, 2.75) is 53.0 Å². The van der Waals surface area contributed by atoms with Gasteiger partial charge in [-0.3, -0.25) is 4.68 Å². The summed E-state index contributed by atoms with van der Waals surface area (Å²) in [6.07, 6.45) is 5.01. The molecule has 1 atom stereocenters. The SMILES string of the molecule is CCCC(C)(CO)Cc1ccn(C(C)C)n1. The Morgan fingerprint density at radius 1 is 1.50 bits per heavy atom. The molecule has 16 heavy (non-hydrogen) atoms. The fourth-order valence-electron chi connectivity index (χ4n) is 2.02. The van der Waals surface area contributed by atoms with Gasteiger partial charge in [0, 0.05) is 18.8 Å². The molecule has 0 aliphatic carbocycles. The van der Waals surface area contributed by atoms with Crippen molar-refractivity contribution in [2.75, 3.05) is 6.61 Å². The number of hydrogen-bond acceptors (Lipinski definition) is 2. The van der Waals surface area contributed by atoms with Gasteiger partial charge in [0.25, 0.3) is 0 Å². The molecule has 1 heterocycles. The van der Waals surface area contributed by atoms with Crippen LogP contribution in [0.25, 0.3) is 0 Å². The molecule has 3 nitrogen and oxygen atoms in total. The lowest BCUT2D eigenvalue weighted by atomic mass is 9.82. The monoisotopic (exact) mass is 224 g/mol. The van der Waals surface area contributed by atoms with E-state index >= 15 is 0 Å². The highest BCUT2D eigenvalue weighted by Crippen LogP contribution is 2.27. The zero-order valence-corrected chi connectivity index (χ0v) is 10.9. The summed E-state index contributed by atoms with van der Waals surface area (Å²) in [6, 6.07) is 2.46. The Kier molecular flexibility index (Phi) is 4.54. The second-order valence-electron chi connectivity index (χ2n) is 5.28. The quantitative estimate of drug-likeness (QED) is 0.807. The molecule has 0 aliphatic heterocycles. The first-order valence-corrected chi connectivity index (χ1v) is 6.15. The molecule has 0 bridgehead atoms. The Bertz CT molecular complexity index is 319. The molecule has 0 radical (unpaired) electrons. The maximum absolute atomic E-state index is 9.46. The van der Waals surface area contributed by atoms with Crippen LogP contribution in [0.1, 0.15) is 52.3 Å². The molecule has 0 fully saturated rings. The van der Waals surface area contributed by atoms with Crippen LogP contribution < -0.4 is 0 Å². The average Bonchev–Trinajstić information content (AvgIpc) is 2.66. The van der Waals surface area contributed by atoms with Gasteiger partial charge < -0.3 is 5.11 Å². The third kappa shape index (κ3) is 3.34. The standard InChI is InChI=1S/C13H24N2O/c1-5-7-13(4,10-16)9-12-6-8-15(14-12)11(2)3/h6,8,11,16H,5,7,9-10H2,1-4H3. The van der Waals surface area contributed by atoms with E-state index in [-0.39, 0.29) is 12.0 Å². The van der Waals surface area contributed by atoms with Crippen LogP contribution in [-0.4, -0.2) is 21.5 Å². The summed E-state index contributed by atoms with van der Waals surface area (Å²) < 4.78 is 1.97. The Hall–Kier alpha value is -0.830. The summed E-state index contributed by atoms with van der Waals surface area (Å²) in [6.45, 7) is 8.75. The molecule has 0 aliphatic rings. The van der Waals surface area contributed by atoms with Crippen LogP contribution in [0.15, 0.2) is 12.3 Å². The van der Waals surface area contributed by atoms with Crippen LogP contribution in [-0.2, 0) is 6.42 Å². The maximum atomic E-state index is 9.46. The Morgan fingerprint density at radius 3 is 2.62 bits per heavy atom. The molecular formula is C13H24N2O. The Balaban J connectivity index is 2.70. The first-order valence-electron chi connectivity index (χ1n) is 6.15. The normalized spacial score (nSPS) is 15.4. The molecule has 3 heteroatoms. The predicted octanol–water partition coefficient (Wildman–Crippen LogP) is 2.81. The summed E-state index contributed by atoms with van der Waals surface area (Å²) in [5, 5.41) is 14.0. The number of aliphatic hydroxyl groups excluding tert-OH is 1. The molecule has 0 spiro atoms. The molecular weight excluding hydrogens is 200 g/mol. The third-order valence-corrected chi connectivity index (χ3v) is 3.04. The molecule has 1 aromatic rings. The van der Waals surface area contributed by atoms with Crippen molar-refractivity contribution in [2.24, 2.45) is 5.41 Å². The lowest BCUT2D eigenvalue weighted by Gasteiger charge is -2.25. The fourth-order valence-corrected chi connectivity index (χ4v) is 2.02. The first-order chi connectivity index (χ1) is 7.50. The molecule has 0 aromatic carbocycles. The topological polar surface area (TPSA) is 38.0 Å². The number of hydrogen-bond donors (Lipinski definition) is 1. The molecule has 0 saturated heterocycles. The zero-order chi connectivity index (χ0) is 12.2. The van der Waals surface area contributed by atoms with Gasteiger partial charge in [-0.2, -0.15) is 5.10 Å². The van der Waals surface area contributed by atoms with Crippen molar-refractivity contribution in [3.8, 4) is 0 Å². The molecule has 1 aromatic heterocycles. The van der Waals surface area contributed by atoms with Gasteiger partial charge >= 0.3 is 0 Å². The summed E-state index contributed by atoms with van der Waals surface area (Å²) in [5.74, 6) is 0. The first kappa shape index (κ1) is 13.2. The van der Waals surface area contributed by atoms with Gasteiger partial charge in [0.2, 0.25) is 0 Å². The van der Waals surface area contributed by atoms with E-state index in [9.17, 15) is 5.11 Å². The van der Waals surface area contributed by atoms with Crippen LogP contribution >= 0.6 is 0 Å². The third-order valence-electron chi connectivity index (χ3n) is 3.04. The number of aromatic nitrogens is 2. The predicted molar refractivity (Wildman–Crippen MR) is 66.4 cm³/mol. The van der Waals surface area contributed by atoms with E-state index < -0.39 is 0 Å². The lowest BCUT2D eigenvalue weighted by molar-refractivity contribution is 0.130. The van der Waals surface area contributed by atoms with Crippen molar-refractivity contribution in [3.63, 3.8) is 0 Å². The minimum Gasteiger partial charge on any atom is -0.396 e. The second-order valence-corrected chi connectivity index (χ2v) is 5.28. The smallest absolute Gasteiger partial charge is 0.0631 e. The highest BCUT2D eigenvalue weighted by molar-refractivity contribution is 5.03. The minimum atomic E-state index is -0.0229. The summed E-state index contributed by atoms with van der Waals surface area (Å²) >= 11 is 0. The molecule has 0 amide bonds. The Morgan fingerprint density at radius 2 is 2.19 bits per heavy atom. The summed E-state index contributed by atoms with van der Waals surface area (Å²) in [5.41, 5.74) is 1.06. The highest BCUT2D eigenvalue weighted by atomic mass is 16.3. The van der Waals surface area contributed by atoms with E-state index in [1.54, 1.807) is 0 Å². The zero-order valence-electron chi connectivity index (χ0n) is 10.9. The maximum Gasteiger partial charge on any atom is 0.0631 e. The van der Waals surface area contributed by atoms with E-state index in [0.717, 1.165) is 25.0 Å². The summed E-state index contributed by atoms with van der Waals surface area (Å²) in [4.78, 5) is 0. The number of rotatable bonds is 6. The largest absolute Gasteiger partial charge is 0.396 e. The van der Waals surface area contributed by atoms with Gasteiger partial charge in [0.15, 0.2) is 0 Å². The van der Waals surface area contributed by atoms with Crippen molar-refractivity contribution < 1.29 is 5.11 Å². The van der Waals surface area contributed by atoms with Crippen LogP contribution in [0.4, 0.5) is 0 Å². The van der Waals surface area contributed by atoms with Gasteiger partial charge in [0.05, 0.1) is 5.69 Å². The van der Waals surface area contributed by atoms with Gasteiger partial charge in [-0.15, -0.1) is 0 Å². The van der Waals surface area contributed by atoms with Crippen molar-refractivity contribution in [3.05, 3.63) is 18.0 Å². The van der Waals surface area contributed by atoms with Crippen LogP contribution in [0.3, 0.4) is 0 Å². The molecule has 1 unspecified atom stereocenters. The minimum absolute atomic E-state index is 0.0229. The summed E-state index contributed by atoms with van der Waals surface area (Å²) in [7, 11) is 0. The molecule has 1 rings (SSSR count). The number of aliphatic hydroxyl groups is 1. The fraction of sp³-hybridized carbons (Fsp3) is 0.769. The number of nitrogens with zero attached hydrogens (tertiary/aromatic N) is 2. The molecule has 1 N–H and O–H groups in total. The van der Waals surface area contributed by atoms with Crippen LogP contribution in [0.5, 0.6) is 0 Å². The van der Waals surface area contributed by atoms with Crippen LogP contribution in [0.2, 0.25) is 0 Å². The van der Waals surface area contributed by atoms with Gasteiger partial charge in [-0.25, -0.2) is 0 Å². The van der Waals surface area contributed by atoms with Crippen LogP contribution in [0, 0.1) is 5.41 Å². The van der Waals surface area contributed by atoms with E-state index in [2.05, 4.69) is 38.9 Å².